The highest BCUT2D eigenvalue weighted by molar-refractivity contribution is 9.10. The van der Waals surface area contributed by atoms with Gasteiger partial charge in [-0.2, -0.15) is 0 Å². The van der Waals surface area contributed by atoms with Crippen molar-refractivity contribution in [3.05, 3.63) is 75.8 Å². The van der Waals surface area contributed by atoms with Gasteiger partial charge < -0.3 is 10.1 Å². The Morgan fingerprint density at radius 3 is 2.59 bits per heavy atom. The van der Waals surface area contributed by atoms with Gasteiger partial charge in [0.2, 0.25) is 0 Å². The van der Waals surface area contributed by atoms with Gasteiger partial charge in [0, 0.05) is 0 Å². The van der Waals surface area contributed by atoms with E-state index in [1.165, 1.54) is 11.1 Å². The van der Waals surface area contributed by atoms with Crippen molar-refractivity contribution >= 4 is 32.6 Å². The van der Waals surface area contributed by atoms with Crippen LogP contribution in [0.15, 0.2) is 59.1 Å². The van der Waals surface area contributed by atoms with Crippen LogP contribution in [-0.4, -0.2) is 12.5 Å². The number of aryl methyl sites for hydroxylation is 2. The van der Waals surface area contributed by atoms with Gasteiger partial charge in [0.05, 0.1) is 10.5 Å². The first kappa shape index (κ1) is 19.4. The maximum absolute atomic E-state index is 12.4. The highest BCUT2D eigenvalue weighted by atomic mass is 79.9. The summed E-state index contributed by atoms with van der Waals surface area (Å²) in [7, 11) is 0. The lowest BCUT2D eigenvalue weighted by molar-refractivity contribution is -0.123. The van der Waals surface area contributed by atoms with Crippen LogP contribution >= 0.6 is 15.9 Å². The molecular formula is C23H24BrNO2. The monoisotopic (exact) mass is 425 g/mol. The van der Waals surface area contributed by atoms with Gasteiger partial charge in [0.1, 0.15) is 5.75 Å². The maximum Gasteiger partial charge on any atom is 0.258 e. The number of amides is 1. The zero-order valence-corrected chi connectivity index (χ0v) is 17.5. The van der Waals surface area contributed by atoms with Crippen molar-refractivity contribution in [1.29, 1.82) is 0 Å². The summed E-state index contributed by atoms with van der Waals surface area (Å²) in [6, 6.07) is 18.3. The number of hydrogen-bond acceptors (Lipinski definition) is 2. The van der Waals surface area contributed by atoms with E-state index >= 15 is 0 Å². The van der Waals surface area contributed by atoms with Crippen LogP contribution in [-0.2, 0) is 4.79 Å². The summed E-state index contributed by atoms with van der Waals surface area (Å²) in [5.74, 6) is 0.545. The molecule has 3 nitrogen and oxygen atoms in total. The zero-order chi connectivity index (χ0) is 19.4. The van der Waals surface area contributed by atoms with Crippen molar-refractivity contribution in [1.82, 2.24) is 5.32 Å². The zero-order valence-electron chi connectivity index (χ0n) is 15.9. The highest BCUT2D eigenvalue weighted by Crippen LogP contribution is 2.33. The standard InChI is InChI=1S/C23H24BrNO2/c1-4-20(18-10-9-15(2)16(3)13-18)25-22(26)14-27-21-12-11-17-7-5-6-8-19(17)23(21)24/h5-13,20H,4,14H2,1-3H3,(H,25,26). The Labute approximate surface area is 168 Å². The number of ether oxygens (including phenoxy) is 1. The summed E-state index contributed by atoms with van der Waals surface area (Å²) in [6.07, 6.45) is 0.827. The van der Waals surface area contributed by atoms with E-state index in [0.29, 0.717) is 5.75 Å². The Kier molecular flexibility index (Phi) is 6.17. The van der Waals surface area contributed by atoms with Crippen molar-refractivity contribution in [3.63, 3.8) is 0 Å². The van der Waals surface area contributed by atoms with Crippen molar-refractivity contribution in [2.75, 3.05) is 6.61 Å². The summed E-state index contributed by atoms with van der Waals surface area (Å²) in [4.78, 5) is 12.4. The van der Waals surface area contributed by atoms with Crippen molar-refractivity contribution in [2.45, 2.75) is 33.2 Å². The number of rotatable bonds is 6. The molecule has 0 saturated heterocycles. The SMILES string of the molecule is CCC(NC(=O)COc1ccc2ccccc2c1Br)c1ccc(C)c(C)c1. The summed E-state index contributed by atoms with van der Waals surface area (Å²) >= 11 is 3.59. The number of fused-ring (bicyclic) bond motifs is 1. The fourth-order valence-electron chi connectivity index (χ4n) is 3.11. The third-order valence-electron chi connectivity index (χ3n) is 4.86. The second kappa shape index (κ2) is 8.57. The molecule has 0 spiro atoms. The Hall–Kier alpha value is -2.33. The molecule has 0 aliphatic heterocycles. The summed E-state index contributed by atoms with van der Waals surface area (Å²) in [5.41, 5.74) is 3.61. The molecule has 0 fully saturated rings. The molecular weight excluding hydrogens is 402 g/mol. The second-order valence-electron chi connectivity index (χ2n) is 6.76. The van der Waals surface area contributed by atoms with E-state index in [1.807, 2.05) is 36.4 Å². The summed E-state index contributed by atoms with van der Waals surface area (Å²) < 4.78 is 6.64. The lowest BCUT2D eigenvalue weighted by Gasteiger charge is -2.19. The number of benzene rings is 3. The van der Waals surface area contributed by atoms with Gasteiger partial charge in [-0.25, -0.2) is 0 Å². The van der Waals surface area contributed by atoms with Gasteiger partial charge in [-0.1, -0.05) is 55.5 Å². The first-order chi connectivity index (χ1) is 13.0. The molecule has 3 aromatic carbocycles. The number of carbonyl (C=O) groups is 1. The van der Waals surface area contributed by atoms with E-state index in [2.05, 4.69) is 60.2 Å². The quantitative estimate of drug-likeness (QED) is 0.536. The largest absolute Gasteiger partial charge is 0.483 e. The van der Waals surface area contributed by atoms with Crippen LogP contribution in [0.1, 0.15) is 36.1 Å². The van der Waals surface area contributed by atoms with Crippen LogP contribution in [0.2, 0.25) is 0 Å². The molecule has 0 aromatic heterocycles. The van der Waals surface area contributed by atoms with E-state index in [9.17, 15) is 4.79 Å². The Bertz CT molecular complexity index is 968. The predicted octanol–water partition coefficient (Wildman–Crippen LogP) is 5.87. The van der Waals surface area contributed by atoms with Gasteiger partial charge in [0.25, 0.3) is 5.91 Å². The third kappa shape index (κ3) is 4.51. The summed E-state index contributed by atoms with van der Waals surface area (Å²) in [6.45, 7) is 6.24. The maximum atomic E-state index is 12.4. The predicted molar refractivity (Wildman–Crippen MR) is 114 cm³/mol. The van der Waals surface area contributed by atoms with Crippen molar-refractivity contribution in [3.8, 4) is 5.75 Å². The minimum Gasteiger partial charge on any atom is -0.483 e. The van der Waals surface area contributed by atoms with Crippen LogP contribution in [0.5, 0.6) is 5.75 Å². The topological polar surface area (TPSA) is 38.3 Å². The Morgan fingerprint density at radius 2 is 1.85 bits per heavy atom. The van der Waals surface area contributed by atoms with Crippen molar-refractivity contribution < 1.29 is 9.53 Å². The first-order valence-electron chi connectivity index (χ1n) is 9.16. The molecule has 0 bridgehead atoms. The number of halogens is 1. The molecule has 3 rings (SSSR count). The highest BCUT2D eigenvalue weighted by Gasteiger charge is 2.15. The van der Waals surface area contributed by atoms with Crippen LogP contribution < -0.4 is 10.1 Å². The lowest BCUT2D eigenvalue weighted by atomic mass is 9.99. The molecule has 0 aliphatic rings. The van der Waals surface area contributed by atoms with E-state index in [-0.39, 0.29) is 18.6 Å². The fourth-order valence-corrected chi connectivity index (χ4v) is 3.71. The minimum absolute atomic E-state index is 0.0135. The average Bonchev–Trinajstić information content (AvgIpc) is 2.68. The fraction of sp³-hybridized carbons (Fsp3) is 0.261. The molecule has 4 heteroatoms. The third-order valence-corrected chi connectivity index (χ3v) is 5.68. The molecule has 0 radical (unpaired) electrons. The molecule has 0 heterocycles. The molecule has 27 heavy (non-hydrogen) atoms. The number of carbonyl (C=O) groups excluding carboxylic acids is 1. The van der Waals surface area contributed by atoms with Gasteiger partial charge >= 0.3 is 0 Å². The number of hydrogen-bond donors (Lipinski definition) is 1. The molecule has 1 atom stereocenters. The Morgan fingerprint density at radius 1 is 1.07 bits per heavy atom. The van der Waals surface area contributed by atoms with Crippen LogP contribution in [0.3, 0.4) is 0 Å². The van der Waals surface area contributed by atoms with Gasteiger partial charge in [-0.15, -0.1) is 0 Å². The number of nitrogens with one attached hydrogen (secondary N) is 1. The lowest BCUT2D eigenvalue weighted by Crippen LogP contribution is -2.32. The van der Waals surface area contributed by atoms with Gasteiger partial charge in [0.15, 0.2) is 6.61 Å². The van der Waals surface area contributed by atoms with E-state index in [4.69, 9.17) is 4.74 Å². The van der Waals surface area contributed by atoms with Crippen LogP contribution in [0.4, 0.5) is 0 Å². The smallest absolute Gasteiger partial charge is 0.258 e. The minimum atomic E-state index is -0.125. The Balaban J connectivity index is 1.66. The molecule has 140 valence electrons. The molecule has 1 amide bonds. The van der Waals surface area contributed by atoms with Gasteiger partial charge in [-0.3, -0.25) is 4.79 Å². The van der Waals surface area contributed by atoms with Gasteiger partial charge in [-0.05, 0) is 69.7 Å². The van der Waals surface area contributed by atoms with E-state index in [0.717, 1.165) is 27.2 Å². The molecule has 0 aliphatic carbocycles. The normalized spacial score (nSPS) is 12.0. The van der Waals surface area contributed by atoms with Crippen LogP contribution in [0, 0.1) is 13.8 Å². The average molecular weight is 426 g/mol. The summed E-state index contributed by atoms with van der Waals surface area (Å²) in [5, 5.41) is 5.27. The van der Waals surface area contributed by atoms with E-state index < -0.39 is 0 Å². The van der Waals surface area contributed by atoms with Crippen LogP contribution in [0.25, 0.3) is 10.8 Å². The molecule has 1 unspecified atom stereocenters. The second-order valence-corrected chi connectivity index (χ2v) is 7.55. The van der Waals surface area contributed by atoms with Crippen molar-refractivity contribution in [2.24, 2.45) is 0 Å². The molecule has 0 saturated carbocycles. The van der Waals surface area contributed by atoms with E-state index in [1.54, 1.807) is 0 Å². The molecule has 3 aromatic rings. The first-order valence-corrected chi connectivity index (χ1v) is 9.95. The molecule has 1 N–H and O–H groups in total.